The second kappa shape index (κ2) is 7.85. The Hall–Kier alpha value is -2.10. The molecular formula is C19H25N3O3. The molecule has 1 heterocycles. The van der Waals surface area contributed by atoms with Crippen LogP contribution in [0.3, 0.4) is 0 Å². The van der Waals surface area contributed by atoms with Crippen LogP contribution in [0.25, 0.3) is 0 Å². The summed E-state index contributed by atoms with van der Waals surface area (Å²) in [5.41, 5.74) is 6.86. The molecule has 1 unspecified atom stereocenters. The van der Waals surface area contributed by atoms with E-state index in [2.05, 4.69) is 4.90 Å². The molecule has 0 radical (unpaired) electrons. The summed E-state index contributed by atoms with van der Waals surface area (Å²) in [6, 6.07) is 9.98. The molecule has 2 N–H and O–H groups in total. The van der Waals surface area contributed by atoms with E-state index < -0.39 is 11.9 Å². The molecule has 25 heavy (non-hydrogen) atoms. The Labute approximate surface area is 148 Å². The minimum Gasteiger partial charge on any atom is -0.492 e. The molecule has 2 aliphatic rings. The summed E-state index contributed by atoms with van der Waals surface area (Å²) in [6.45, 7) is 5.78. The molecule has 6 nitrogen and oxygen atoms in total. The minimum absolute atomic E-state index is 0.286. The van der Waals surface area contributed by atoms with Gasteiger partial charge in [0.1, 0.15) is 18.3 Å². The Morgan fingerprint density at radius 3 is 2.64 bits per heavy atom. The first-order valence-electron chi connectivity index (χ1n) is 8.88. The molecule has 1 aromatic carbocycles. The van der Waals surface area contributed by atoms with E-state index in [0.717, 1.165) is 30.9 Å². The number of nitrogens with two attached hydrogens (primary N) is 1. The SMILES string of the molecule is CCOC(=O)C(C#N)Cc1ccc(OCCN2C[C@@H]3[C@@H](N)[C@@H]3C2)cc1. The van der Waals surface area contributed by atoms with Gasteiger partial charge in [0.05, 0.1) is 12.7 Å². The average molecular weight is 343 g/mol. The minimum atomic E-state index is -0.764. The van der Waals surface area contributed by atoms with Gasteiger partial charge in [0.15, 0.2) is 0 Å². The molecule has 1 aliphatic heterocycles. The predicted octanol–water partition coefficient (Wildman–Crippen LogP) is 1.20. The monoisotopic (exact) mass is 343 g/mol. The number of hydrogen-bond acceptors (Lipinski definition) is 6. The van der Waals surface area contributed by atoms with Gasteiger partial charge in [-0.05, 0) is 42.9 Å². The van der Waals surface area contributed by atoms with Crippen molar-refractivity contribution >= 4 is 5.97 Å². The van der Waals surface area contributed by atoms with E-state index in [9.17, 15) is 4.79 Å². The summed E-state index contributed by atoms with van der Waals surface area (Å²) < 4.78 is 10.7. The van der Waals surface area contributed by atoms with Crippen molar-refractivity contribution in [1.82, 2.24) is 4.90 Å². The molecule has 134 valence electrons. The van der Waals surface area contributed by atoms with Gasteiger partial charge in [-0.3, -0.25) is 9.69 Å². The third-order valence-corrected chi connectivity index (χ3v) is 5.10. The standard InChI is InChI=1S/C19H25N3O3/c1-2-24-19(23)14(10-20)9-13-3-5-15(6-4-13)25-8-7-22-11-16-17(12-22)18(16)21/h3-6,14,16-18H,2,7-9,11-12,21H2,1H3/t14?,16-,17+,18+. The highest BCUT2D eigenvalue weighted by Crippen LogP contribution is 2.43. The smallest absolute Gasteiger partial charge is 0.323 e. The first kappa shape index (κ1) is 17.7. The number of carbonyl (C=O) groups is 1. The molecule has 1 saturated carbocycles. The van der Waals surface area contributed by atoms with E-state index in [1.165, 1.54) is 0 Å². The number of fused-ring (bicyclic) bond motifs is 1. The van der Waals surface area contributed by atoms with Crippen LogP contribution in [0, 0.1) is 29.1 Å². The van der Waals surface area contributed by atoms with Crippen LogP contribution in [0.5, 0.6) is 5.75 Å². The molecule has 6 heteroatoms. The molecule has 1 aliphatic carbocycles. The maximum atomic E-state index is 11.7. The zero-order valence-electron chi connectivity index (χ0n) is 14.6. The number of nitrogens with zero attached hydrogens (tertiary/aromatic N) is 2. The molecule has 0 aromatic heterocycles. The Bertz CT molecular complexity index is 628. The third kappa shape index (κ3) is 4.30. The molecule has 2 fully saturated rings. The lowest BCUT2D eigenvalue weighted by molar-refractivity contribution is -0.145. The van der Waals surface area contributed by atoms with Crippen LogP contribution in [0.15, 0.2) is 24.3 Å². The van der Waals surface area contributed by atoms with Crippen LogP contribution in [0.2, 0.25) is 0 Å². The van der Waals surface area contributed by atoms with Gasteiger partial charge in [-0.25, -0.2) is 0 Å². The van der Waals surface area contributed by atoms with E-state index in [4.69, 9.17) is 20.5 Å². The summed E-state index contributed by atoms with van der Waals surface area (Å²) >= 11 is 0. The van der Waals surface area contributed by atoms with E-state index in [0.29, 0.717) is 30.9 Å². The highest BCUT2D eigenvalue weighted by Gasteiger charge is 2.53. The van der Waals surface area contributed by atoms with E-state index in [1.807, 2.05) is 30.3 Å². The zero-order valence-corrected chi connectivity index (χ0v) is 14.6. The third-order valence-electron chi connectivity index (χ3n) is 5.10. The Balaban J connectivity index is 1.41. The van der Waals surface area contributed by atoms with Gasteiger partial charge in [0, 0.05) is 25.7 Å². The molecule has 0 spiro atoms. The zero-order chi connectivity index (χ0) is 17.8. The maximum Gasteiger partial charge on any atom is 0.323 e. The lowest BCUT2D eigenvalue weighted by atomic mass is 10.0. The molecule has 4 atom stereocenters. The van der Waals surface area contributed by atoms with Crippen molar-refractivity contribution in [3.05, 3.63) is 29.8 Å². The van der Waals surface area contributed by atoms with Gasteiger partial charge in [0.25, 0.3) is 0 Å². The van der Waals surface area contributed by atoms with Gasteiger partial charge < -0.3 is 15.2 Å². The average Bonchev–Trinajstić information content (AvgIpc) is 3.03. The Morgan fingerprint density at radius 1 is 1.36 bits per heavy atom. The predicted molar refractivity (Wildman–Crippen MR) is 92.8 cm³/mol. The number of ether oxygens (including phenoxy) is 2. The van der Waals surface area contributed by atoms with Gasteiger partial charge in [-0.15, -0.1) is 0 Å². The summed E-state index contributed by atoms with van der Waals surface area (Å²) in [5.74, 6) is 0.973. The van der Waals surface area contributed by atoms with Gasteiger partial charge >= 0.3 is 5.97 Å². The highest BCUT2D eigenvalue weighted by molar-refractivity contribution is 5.75. The quantitative estimate of drug-likeness (QED) is 0.714. The van der Waals surface area contributed by atoms with Gasteiger partial charge in [-0.2, -0.15) is 5.26 Å². The summed E-state index contributed by atoms with van der Waals surface area (Å²) in [6.07, 6.45) is 0.354. The lowest BCUT2D eigenvalue weighted by Crippen LogP contribution is -2.31. The molecule has 1 aromatic rings. The summed E-state index contributed by atoms with van der Waals surface area (Å²) in [4.78, 5) is 14.1. The van der Waals surface area contributed by atoms with Crippen LogP contribution in [-0.4, -0.2) is 49.8 Å². The van der Waals surface area contributed by atoms with Crippen molar-refractivity contribution in [1.29, 1.82) is 5.26 Å². The summed E-state index contributed by atoms with van der Waals surface area (Å²) in [5, 5.41) is 9.11. The molecule has 0 bridgehead atoms. The van der Waals surface area contributed by atoms with Crippen LogP contribution in [0.4, 0.5) is 0 Å². The number of esters is 1. The topological polar surface area (TPSA) is 88.6 Å². The first-order chi connectivity index (χ1) is 12.1. The molecular weight excluding hydrogens is 318 g/mol. The van der Waals surface area contributed by atoms with Gasteiger partial charge in [-0.1, -0.05) is 12.1 Å². The lowest BCUT2D eigenvalue weighted by Gasteiger charge is -2.18. The number of carbonyl (C=O) groups excluding carboxylic acids is 1. The maximum absolute atomic E-state index is 11.7. The van der Waals surface area contributed by atoms with Crippen LogP contribution >= 0.6 is 0 Å². The number of likely N-dealkylation sites (tertiary alicyclic amines) is 1. The molecule has 1 saturated heterocycles. The van der Waals surface area contributed by atoms with Gasteiger partial charge in [0.2, 0.25) is 0 Å². The Morgan fingerprint density at radius 2 is 2.04 bits per heavy atom. The van der Waals surface area contributed by atoms with Crippen molar-refractivity contribution < 1.29 is 14.3 Å². The second-order valence-electron chi connectivity index (χ2n) is 6.79. The highest BCUT2D eigenvalue weighted by atomic mass is 16.5. The van der Waals surface area contributed by atoms with Crippen molar-refractivity contribution in [2.45, 2.75) is 19.4 Å². The number of benzene rings is 1. The van der Waals surface area contributed by atoms with Crippen LogP contribution < -0.4 is 10.5 Å². The van der Waals surface area contributed by atoms with Crippen molar-refractivity contribution in [3.63, 3.8) is 0 Å². The fraction of sp³-hybridized carbons (Fsp3) is 0.579. The molecule has 3 rings (SSSR count). The number of piperidine rings is 1. The second-order valence-corrected chi connectivity index (χ2v) is 6.79. The van der Waals surface area contributed by atoms with Crippen LogP contribution in [0.1, 0.15) is 12.5 Å². The van der Waals surface area contributed by atoms with Crippen molar-refractivity contribution in [3.8, 4) is 11.8 Å². The Kier molecular flexibility index (Phi) is 5.57. The fourth-order valence-electron chi connectivity index (χ4n) is 3.52. The first-order valence-corrected chi connectivity index (χ1v) is 8.88. The largest absolute Gasteiger partial charge is 0.492 e. The normalized spacial score (nSPS) is 25.7. The number of rotatable bonds is 8. The van der Waals surface area contributed by atoms with E-state index >= 15 is 0 Å². The number of hydrogen-bond donors (Lipinski definition) is 1. The van der Waals surface area contributed by atoms with Crippen LogP contribution in [-0.2, 0) is 16.0 Å². The van der Waals surface area contributed by atoms with E-state index in [-0.39, 0.29) is 6.61 Å². The fourth-order valence-corrected chi connectivity index (χ4v) is 3.52. The van der Waals surface area contributed by atoms with E-state index in [1.54, 1.807) is 6.92 Å². The number of nitriles is 1. The van der Waals surface area contributed by atoms with Crippen molar-refractivity contribution in [2.24, 2.45) is 23.5 Å². The molecule has 0 amide bonds. The van der Waals surface area contributed by atoms with Crippen molar-refractivity contribution in [2.75, 3.05) is 32.8 Å². The summed E-state index contributed by atoms with van der Waals surface area (Å²) in [7, 11) is 0.